The van der Waals surface area contributed by atoms with Gasteiger partial charge in [0.25, 0.3) is 0 Å². The van der Waals surface area contributed by atoms with Gasteiger partial charge in [-0.3, -0.25) is 4.79 Å². The molecule has 28 heavy (non-hydrogen) atoms. The smallest absolute Gasteiger partial charge is 0.233 e. The molecule has 0 saturated heterocycles. The Labute approximate surface area is 166 Å². The monoisotopic (exact) mass is 397 g/mol. The number of nitrogens with one attached hydrogen (secondary N) is 1. The molecular weight excluding hydrogens is 377 g/mol. The number of halogens is 1. The van der Waals surface area contributed by atoms with E-state index in [0.717, 1.165) is 19.3 Å². The van der Waals surface area contributed by atoms with Gasteiger partial charge in [0, 0.05) is 0 Å². The fourth-order valence-corrected chi connectivity index (χ4v) is 4.24. The van der Waals surface area contributed by atoms with E-state index in [9.17, 15) is 9.18 Å². The molecule has 1 amide bonds. The quantitative estimate of drug-likeness (QED) is 0.668. The fraction of sp³-hybridized carbons (Fsp3) is 0.300. The predicted octanol–water partition coefficient (Wildman–Crippen LogP) is 3.48. The maximum atomic E-state index is 13.5. The average molecular weight is 397 g/mol. The summed E-state index contributed by atoms with van der Waals surface area (Å²) in [6, 6.07) is 14.3. The van der Waals surface area contributed by atoms with E-state index < -0.39 is 5.25 Å². The molecule has 0 unspecified atom stereocenters. The Hall–Kier alpha value is -2.74. The molecule has 1 aliphatic carbocycles. The summed E-state index contributed by atoms with van der Waals surface area (Å²) >= 11 is 1.25. The lowest BCUT2D eigenvalue weighted by Crippen LogP contribution is -2.36. The minimum atomic E-state index is -0.396. The summed E-state index contributed by atoms with van der Waals surface area (Å²) in [6.07, 6.45) is 3.04. The Morgan fingerprint density at radius 2 is 2.14 bits per heavy atom. The van der Waals surface area contributed by atoms with Crippen molar-refractivity contribution in [2.45, 2.75) is 42.6 Å². The van der Waals surface area contributed by atoms with Crippen molar-refractivity contribution >= 4 is 17.7 Å². The lowest BCUT2D eigenvalue weighted by Gasteiger charge is -2.27. The molecule has 1 heterocycles. The molecule has 3 aromatic rings. The van der Waals surface area contributed by atoms with Crippen LogP contribution < -0.4 is 5.32 Å². The number of aromatic nitrogens is 4. The third kappa shape index (κ3) is 3.91. The molecule has 4 rings (SSSR count). The molecule has 1 aromatic heterocycles. The van der Waals surface area contributed by atoms with Crippen molar-refractivity contribution < 1.29 is 9.18 Å². The molecule has 0 fully saturated rings. The molecule has 1 N–H and O–H groups in total. The number of thioether (sulfide) groups is 1. The minimum Gasteiger partial charge on any atom is -0.348 e. The number of carbonyl (C=O) groups is 1. The number of benzene rings is 2. The zero-order valence-electron chi connectivity index (χ0n) is 15.4. The molecule has 0 spiro atoms. The van der Waals surface area contributed by atoms with Crippen LogP contribution in [0.4, 0.5) is 4.39 Å². The third-order valence-corrected chi connectivity index (χ3v) is 5.86. The van der Waals surface area contributed by atoms with Crippen molar-refractivity contribution in [2.24, 2.45) is 0 Å². The summed E-state index contributed by atoms with van der Waals surface area (Å²) in [5, 5.41) is 14.8. The maximum absolute atomic E-state index is 13.5. The Kier molecular flexibility index (Phi) is 5.38. The lowest BCUT2D eigenvalue weighted by atomic mass is 9.88. The second-order valence-corrected chi connectivity index (χ2v) is 8.07. The largest absolute Gasteiger partial charge is 0.348 e. The van der Waals surface area contributed by atoms with Crippen LogP contribution >= 0.6 is 11.8 Å². The van der Waals surface area contributed by atoms with E-state index in [2.05, 4.69) is 33.0 Å². The molecule has 0 saturated carbocycles. The predicted molar refractivity (Wildman–Crippen MR) is 105 cm³/mol. The van der Waals surface area contributed by atoms with Gasteiger partial charge in [0.1, 0.15) is 5.82 Å². The summed E-state index contributed by atoms with van der Waals surface area (Å²) in [5.41, 5.74) is 3.01. The molecule has 144 valence electrons. The van der Waals surface area contributed by atoms with Crippen molar-refractivity contribution in [3.63, 3.8) is 0 Å². The number of carbonyl (C=O) groups excluding carboxylic acids is 1. The van der Waals surface area contributed by atoms with E-state index in [0.29, 0.717) is 10.8 Å². The Morgan fingerprint density at radius 1 is 1.29 bits per heavy atom. The van der Waals surface area contributed by atoms with Gasteiger partial charge in [0.2, 0.25) is 11.1 Å². The number of aryl methyl sites for hydroxylation is 1. The zero-order chi connectivity index (χ0) is 19.5. The highest BCUT2D eigenvalue weighted by Crippen LogP contribution is 2.30. The Balaban J connectivity index is 1.46. The van der Waals surface area contributed by atoms with Gasteiger partial charge in [-0.1, -0.05) is 42.1 Å². The molecule has 1 aliphatic rings. The fourth-order valence-electron chi connectivity index (χ4n) is 3.43. The maximum Gasteiger partial charge on any atom is 0.233 e. The van der Waals surface area contributed by atoms with Crippen molar-refractivity contribution in [3.05, 3.63) is 65.5 Å². The van der Waals surface area contributed by atoms with Gasteiger partial charge < -0.3 is 5.32 Å². The zero-order valence-corrected chi connectivity index (χ0v) is 16.2. The Morgan fingerprint density at radius 3 is 3.00 bits per heavy atom. The van der Waals surface area contributed by atoms with Crippen molar-refractivity contribution in [2.75, 3.05) is 0 Å². The number of hydrogen-bond acceptors (Lipinski definition) is 5. The van der Waals surface area contributed by atoms with E-state index in [4.69, 9.17) is 0 Å². The molecule has 8 heteroatoms. The number of amides is 1. The van der Waals surface area contributed by atoms with Gasteiger partial charge in [0.15, 0.2) is 0 Å². The van der Waals surface area contributed by atoms with Crippen LogP contribution in [0.1, 0.15) is 36.9 Å². The standard InChI is InChI=1S/C20H20FN5OS/c1-13(19(27)22-18-11-4-7-14-6-2-3-10-17(14)18)28-20-23-24-25-26(20)16-9-5-8-15(21)12-16/h2-3,5-6,8-10,12-13,18H,4,7,11H2,1H3,(H,22,27)/t13-,18+/m0/s1. The van der Waals surface area contributed by atoms with Crippen LogP contribution in [0.25, 0.3) is 5.69 Å². The Bertz CT molecular complexity index is 992. The van der Waals surface area contributed by atoms with E-state index >= 15 is 0 Å². The van der Waals surface area contributed by atoms with E-state index in [1.54, 1.807) is 12.1 Å². The SMILES string of the molecule is C[C@H](Sc1nnnn1-c1cccc(F)c1)C(=O)N[C@@H]1CCCc2ccccc21. The van der Waals surface area contributed by atoms with Gasteiger partial charge in [-0.2, -0.15) is 4.68 Å². The van der Waals surface area contributed by atoms with Gasteiger partial charge in [-0.05, 0) is 65.9 Å². The van der Waals surface area contributed by atoms with Crippen molar-refractivity contribution in [1.29, 1.82) is 0 Å². The highest BCUT2D eigenvalue weighted by atomic mass is 32.2. The summed E-state index contributed by atoms with van der Waals surface area (Å²) in [4.78, 5) is 12.8. The van der Waals surface area contributed by atoms with E-state index in [1.165, 1.54) is 39.7 Å². The van der Waals surface area contributed by atoms with Gasteiger partial charge >= 0.3 is 0 Å². The summed E-state index contributed by atoms with van der Waals surface area (Å²) < 4.78 is 14.9. The molecule has 6 nitrogen and oxygen atoms in total. The number of tetrazole rings is 1. The van der Waals surface area contributed by atoms with Gasteiger partial charge in [-0.15, -0.1) is 5.10 Å². The summed E-state index contributed by atoms with van der Waals surface area (Å²) in [7, 11) is 0. The first-order chi connectivity index (χ1) is 13.6. The molecule has 0 bridgehead atoms. The first-order valence-electron chi connectivity index (χ1n) is 9.21. The van der Waals surface area contributed by atoms with Crippen LogP contribution in [0.15, 0.2) is 53.7 Å². The van der Waals surface area contributed by atoms with Crippen LogP contribution in [0, 0.1) is 5.82 Å². The van der Waals surface area contributed by atoms with Crippen LogP contribution in [-0.2, 0) is 11.2 Å². The highest BCUT2D eigenvalue weighted by Gasteiger charge is 2.25. The third-order valence-electron chi connectivity index (χ3n) is 4.83. The normalized spacial score (nSPS) is 17.0. The number of fused-ring (bicyclic) bond motifs is 1. The van der Waals surface area contributed by atoms with Crippen LogP contribution in [-0.4, -0.2) is 31.4 Å². The van der Waals surface area contributed by atoms with Crippen LogP contribution in [0.2, 0.25) is 0 Å². The molecule has 2 aromatic carbocycles. The first-order valence-corrected chi connectivity index (χ1v) is 10.1. The lowest BCUT2D eigenvalue weighted by molar-refractivity contribution is -0.121. The summed E-state index contributed by atoms with van der Waals surface area (Å²) in [6.45, 7) is 1.82. The summed E-state index contributed by atoms with van der Waals surface area (Å²) in [5.74, 6) is -0.439. The number of hydrogen-bond donors (Lipinski definition) is 1. The van der Waals surface area contributed by atoms with Crippen LogP contribution in [0.3, 0.4) is 0 Å². The molecule has 0 radical (unpaired) electrons. The topological polar surface area (TPSA) is 72.7 Å². The van der Waals surface area contributed by atoms with E-state index in [-0.39, 0.29) is 17.8 Å². The van der Waals surface area contributed by atoms with Gasteiger partial charge in [-0.25, -0.2) is 4.39 Å². The molecule has 2 atom stereocenters. The highest BCUT2D eigenvalue weighted by molar-refractivity contribution is 8.00. The molecular formula is C20H20FN5OS. The second-order valence-electron chi connectivity index (χ2n) is 6.77. The van der Waals surface area contributed by atoms with Crippen molar-refractivity contribution in [1.82, 2.24) is 25.5 Å². The van der Waals surface area contributed by atoms with E-state index in [1.807, 2.05) is 19.1 Å². The average Bonchev–Trinajstić information content (AvgIpc) is 3.16. The number of nitrogens with zero attached hydrogens (tertiary/aromatic N) is 4. The number of rotatable bonds is 5. The van der Waals surface area contributed by atoms with Crippen LogP contribution in [0.5, 0.6) is 0 Å². The second kappa shape index (κ2) is 8.10. The first kappa shape index (κ1) is 18.6. The van der Waals surface area contributed by atoms with Gasteiger partial charge in [0.05, 0.1) is 17.0 Å². The molecule has 0 aliphatic heterocycles. The minimum absolute atomic E-state index is 0.0275. The van der Waals surface area contributed by atoms with Crippen molar-refractivity contribution in [3.8, 4) is 5.69 Å².